The van der Waals surface area contributed by atoms with Gasteiger partial charge in [0.1, 0.15) is 11.6 Å². The van der Waals surface area contributed by atoms with E-state index in [1.165, 1.54) is 0 Å². The number of hydrogen-bond acceptors (Lipinski definition) is 3. The summed E-state index contributed by atoms with van der Waals surface area (Å²) in [6.45, 7) is 3.79. The normalized spacial score (nSPS) is 17.0. The quantitative estimate of drug-likeness (QED) is 0.653. The summed E-state index contributed by atoms with van der Waals surface area (Å²) in [5, 5.41) is 0. The van der Waals surface area contributed by atoms with Crippen molar-refractivity contribution in [2.75, 3.05) is 18.6 Å². The minimum absolute atomic E-state index is 0.105. The van der Waals surface area contributed by atoms with Crippen LogP contribution >= 0.6 is 0 Å². The van der Waals surface area contributed by atoms with Crippen LogP contribution in [0.2, 0.25) is 0 Å². The molecule has 3 aromatic rings. The number of aromatic nitrogens is 2. The summed E-state index contributed by atoms with van der Waals surface area (Å²) in [4.78, 5) is 19.5. The van der Waals surface area contributed by atoms with Crippen molar-refractivity contribution in [3.05, 3.63) is 54.4 Å². The number of para-hydroxylation sites is 2. The fourth-order valence-electron chi connectivity index (χ4n) is 3.87. The number of benzene rings is 2. The van der Waals surface area contributed by atoms with Crippen molar-refractivity contribution in [3.63, 3.8) is 0 Å². The number of fused-ring (bicyclic) bond motifs is 1. The summed E-state index contributed by atoms with van der Waals surface area (Å²) in [6.07, 6.45) is 2.73. The van der Waals surface area contributed by atoms with Gasteiger partial charge in [-0.3, -0.25) is 4.79 Å². The zero-order chi connectivity index (χ0) is 18.8. The highest BCUT2D eigenvalue weighted by Crippen LogP contribution is 2.34. The van der Waals surface area contributed by atoms with Crippen LogP contribution in [0.3, 0.4) is 0 Å². The van der Waals surface area contributed by atoms with Crippen LogP contribution in [-0.2, 0) is 11.3 Å². The molecule has 1 aliphatic rings. The van der Waals surface area contributed by atoms with E-state index < -0.39 is 0 Å². The lowest BCUT2D eigenvalue weighted by atomic mass is 10.1. The van der Waals surface area contributed by atoms with Gasteiger partial charge in [-0.1, -0.05) is 31.5 Å². The number of amides is 1. The molecule has 0 unspecified atom stereocenters. The minimum atomic E-state index is 0.105. The number of methoxy groups -OCH3 is 1. The number of nitrogens with zero attached hydrogens (tertiary/aromatic N) is 3. The Bertz CT molecular complexity index is 963. The van der Waals surface area contributed by atoms with E-state index in [1.807, 2.05) is 35.2 Å². The van der Waals surface area contributed by atoms with Crippen LogP contribution in [0.4, 0.5) is 5.69 Å². The van der Waals surface area contributed by atoms with Crippen molar-refractivity contribution in [3.8, 4) is 5.75 Å². The van der Waals surface area contributed by atoms with Crippen LogP contribution < -0.4 is 9.64 Å². The molecule has 1 fully saturated rings. The van der Waals surface area contributed by atoms with E-state index in [-0.39, 0.29) is 11.8 Å². The fraction of sp³-hybridized carbons (Fsp3) is 0.364. The lowest BCUT2D eigenvalue weighted by Crippen LogP contribution is -2.24. The van der Waals surface area contributed by atoms with E-state index in [0.29, 0.717) is 13.0 Å². The number of carbonyl (C=O) groups excluding carboxylic acids is 1. The zero-order valence-corrected chi connectivity index (χ0v) is 15.9. The first-order valence-electron chi connectivity index (χ1n) is 9.61. The van der Waals surface area contributed by atoms with Crippen molar-refractivity contribution in [1.29, 1.82) is 0 Å². The second-order valence-corrected chi connectivity index (χ2v) is 7.07. The van der Waals surface area contributed by atoms with Gasteiger partial charge in [0, 0.05) is 37.2 Å². The Kier molecular flexibility index (Phi) is 4.84. The third-order valence-electron chi connectivity index (χ3n) is 5.27. The van der Waals surface area contributed by atoms with Gasteiger partial charge < -0.3 is 14.2 Å². The topological polar surface area (TPSA) is 47.4 Å². The van der Waals surface area contributed by atoms with Crippen molar-refractivity contribution in [2.45, 2.75) is 38.6 Å². The maximum absolute atomic E-state index is 12.7. The molecule has 0 spiro atoms. The molecule has 0 bridgehead atoms. The van der Waals surface area contributed by atoms with Crippen molar-refractivity contribution in [2.24, 2.45) is 0 Å². The molecule has 5 heteroatoms. The molecule has 0 saturated carbocycles. The Hall–Kier alpha value is -2.82. The average Bonchev–Trinajstić information content (AvgIpc) is 3.27. The predicted molar refractivity (Wildman–Crippen MR) is 107 cm³/mol. The first-order valence-corrected chi connectivity index (χ1v) is 9.61. The van der Waals surface area contributed by atoms with Gasteiger partial charge in [0.2, 0.25) is 5.91 Å². The number of carbonyl (C=O) groups is 1. The summed E-state index contributed by atoms with van der Waals surface area (Å²) in [5.74, 6) is 2.04. The number of aryl methyl sites for hydroxylation is 1. The van der Waals surface area contributed by atoms with Gasteiger partial charge in [-0.25, -0.2) is 4.98 Å². The molecule has 0 N–H and O–H groups in total. The van der Waals surface area contributed by atoms with Crippen LogP contribution in [-0.4, -0.2) is 29.1 Å². The average molecular weight is 363 g/mol. The molecule has 1 amide bonds. The molecule has 0 radical (unpaired) electrons. The lowest BCUT2D eigenvalue weighted by Gasteiger charge is -2.18. The number of imidazole rings is 1. The van der Waals surface area contributed by atoms with E-state index in [1.54, 1.807) is 7.11 Å². The first kappa shape index (κ1) is 17.6. The first-order chi connectivity index (χ1) is 13.2. The summed E-state index contributed by atoms with van der Waals surface area (Å²) in [7, 11) is 1.64. The van der Waals surface area contributed by atoms with Crippen LogP contribution in [0.15, 0.2) is 48.5 Å². The highest BCUT2D eigenvalue weighted by atomic mass is 16.5. The van der Waals surface area contributed by atoms with Crippen LogP contribution in [0.5, 0.6) is 5.75 Å². The largest absolute Gasteiger partial charge is 0.497 e. The summed E-state index contributed by atoms with van der Waals surface area (Å²) >= 11 is 0. The van der Waals surface area contributed by atoms with Crippen molar-refractivity contribution < 1.29 is 9.53 Å². The molecule has 5 nitrogen and oxygen atoms in total. The number of rotatable bonds is 6. The zero-order valence-electron chi connectivity index (χ0n) is 15.9. The molecule has 1 atom stereocenters. The van der Waals surface area contributed by atoms with E-state index in [9.17, 15) is 4.79 Å². The molecule has 140 valence electrons. The molecule has 0 aliphatic carbocycles. The van der Waals surface area contributed by atoms with Crippen LogP contribution in [0.1, 0.15) is 37.9 Å². The number of anilines is 1. The summed E-state index contributed by atoms with van der Waals surface area (Å²) in [5.41, 5.74) is 3.06. The molecule has 4 rings (SSSR count). The minimum Gasteiger partial charge on any atom is -0.497 e. The van der Waals surface area contributed by atoms with Gasteiger partial charge in [-0.15, -0.1) is 0 Å². The van der Waals surface area contributed by atoms with Crippen LogP contribution in [0.25, 0.3) is 11.0 Å². The lowest BCUT2D eigenvalue weighted by molar-refractivity contribution is -0.117. The molecule has 1 aliphatic heterocycles. The number of unbranched alkanes of at least 4 members (excludes halogenated alkanes) is 1. The van der Waals surface area contributed by atoms with Crippen LogP contribution in [0, 0.1) is 0 Å². The van der Waals surface area contributed by atoms with Gasteiger partial charge in [-0.05, 0) is 30.7 Å². The van der Waals surface area contributed by atoms with Gasteiger partial charge >= 0.3 is 0 Å². The SMILES string of the molecule is CCCCn1c([C@H]2CC(=O)N(c3cccc(OC)c3)C2)nc2ccccc21. The van der Waals surface area contributed by atoms with E-state index >= 15 is 0 Å². The number of ether oxygens (including phenoxy) is 1. The van der Waals surface area contributed by atoms with E-state index in [2.05, 4.69) is 29.7 Å². The molecule has 27 heavy (non-hydrogen) atoms. The fourth-order valence-corrected chi connectivity index (χ4v) is 3.87. The van der Waals surface area contributed by atoms with Gasteiger partial charge in [0.15, 0.2) is 0 Å². The second kappa shape index (κ2) is 7.43. The molecule has 2 heterocycles. The third kappa shape index (κ3) is 3.29. The van der Waals surface area contributed by atoms with Gasteiger partial charge in [-0.2, -0.15) is 0 Å². The Morgan fingerprint density at radius 3 is 2.85 bits per heavy atom. The number of hydrogen-bond donors (Lipinski definition) is 0. The van der Waals surface area contributed by atoms with E-state index in [4.69, 9.17) is 9.72 Å². The third-order valence-corrected chi connectivity index (χ3v) is 5.27. The smallest absolute Gasteiger partial charge is 0.227 e. The Morgan fingerprint density at radius 1 is 1.19 bits per heavy atom. The van der Waals surface area contributed by atoms with Crippen molar-refractivity contribution in [1.82, 2.24) is 9.55 Å². The molecule has 1 saturated heterocycles. The Morgan fingerprint density at radius 2 is 2.04 bits per heavy atom. The maximum Gasteiger partial charge on any atom is 0.227 e. The monoisotopic (exact) mass is 363 g/mol. The standard InChI is InChI=1S/C22H25N3O2/c1-3-4-12-24-20-11-6-5-10-19(20)23-22(24)16-13-21(26)25(15-16)17-8-7-9-18(14-17)27-2/h5-11,14,16H,3-4,12-13,15H2,1-2H3/t16-/m0/s1. The Balaban J connectivity index is 1.67. The highest BCUT2D eigenvalue weighted by Gasteiger charge is 2.34. The predicted octanol–water partition coefficient (Wildman–Crippen LogP) is 4.37. The molecule has 1 aromatic heterocycles. The van der Waals surface area contributed by atoms with E-state index in [0.717, 1.165) is 47.7 Å². The molecule has 2 aromatic carbocycles. The summed E-state index contributed by atoms with van der Waals surface area (Å²) < 4.78 is 7.62. The second-order valence-electron chi connectivity index (χ2n) is 7.07. The molecular formula is C22H25N3O2. The summed E-state index contributed by atoms with van der Waals surface area (Å²) in [6, 6.07) is 15.9. The Labute approximate surface area is 159 Å². The maximum atomic E-state index is 12.7. The van der Waals surface area contributed by atoms with Crippen molar-refractivity contribution >= 4 is 22.6 Å². The van der Waals surface area contributed by atoms with Gasteiger partial charge in [0.05, 0.1) is 18.1 Å². The molecular weight excluding hydrogens is 338 g/mol. The van der Waals surface area contributed by atoms with Gasteiger partial charge in [0.25, 0.3) is 0 Å². The highest BCUT2D eigenvalue weighted by molar-refractivity contribution is 5.96.